The number of nitrogens with one attached hydrogen (secondary N) is 2. The number of methoxy groups -OCH3 is 1. The van der Waals surface area contributed by atoms with Gasteiger partial charge in [0.15, 0.2) is 0 Å². The molecular weight excluding hydrogens is 220 g/mol. The summed E-state index contributed by atoms with van der Waals surface area (Å²) < 4.78 is 10.1. The predicted molar refractivity (Wildman–Crippen MR) is 68.1 cm³/mol. The molecule has 0 saturated carbocycles. The Morgan fingerprint density at radius 3 is 2.65 bits per heavy atom. The molecule has 1 unspecified atom stereocenters. The molecule has 0 aliphatic heterocycles. The highest BCUT2D eigenvalue weighted by Gasteiger charge is 2.04. The summed E-state index contributed by atoms with van der Waals surface area (Å²) >= 11 is 0. The largest absolute Gasteiger partial charge is 0.382 e. The van der Waals surface area contributed by atoms with Crippen molar-refractivity contribution in [1.82, 2.24) is 10.6 Å². The van der Waals surface area contributed by atoms with E-state index in [0.717, 1.165) is 13.0 Å². The first-order chi connectivity index (χ1) is 8.20. The molecule has 102 valence electrons. The maximum absolute atomic E-state index is 11.4. The first-order valence-electron chi connectivity index (χ1n) is 6.27. The van der Waals surface area contributed by atoms with Crippen molar-refractivity contribution in [3.63, 3.8) is 0 Å². The van der Waals surface area contributed by atoms with E-state index in [1.165, 1.54) is 0 Å². The molecule has 0 radical (unpaired) electrons. The van der Waals surface area contributed by atoms with Gasteiger partial charge in [0.1, 0.15) is 0 Å². The number of hydrogen-bond acceptors (Lipinski definition) is 4. The molecule has 5 nitrogen and oxygen atoms in total. The smallest absolute Gasteiger partial charge is 0.221 e. The predicted octanol–water partition coefficient (Wildman–Crippen LogP) is 0.544. The average Bonchev–Trinajstić information content (AvgIpc) is 2.32. The van der Waals surface area contributed by atoms with E-state index in [1.807, 2.05) is 6.92 Å². The van der Waals surface area contributed by atoms with Crippen LogP contribution < -0.4 is 10.6 Å². The van der Waals surface area contributed by atoms with Gasteiger partial charge >= 0.3 is 0 Å². The summed E-state index contributed by atoms with van der Waals surface area (Å²) in [5, 5.41) is 6.08. The topological polar surface area (TPSA) is 59.6 Å². The highest BCUT2D eigenvalue weighted by Crippen LogP contribution is 1.88. The highest BCUT2D eigenvalue weighted by atomic mass is 16.5. The standard InChI is InChI=1S/C12H26N2O3/c1-4-11(2)14-12(15)5-6-13-7-8-17-10-9-16-3/h11,13H,4-10H2,1-3H3,(H,14,15). The molecule has 1 atom stereocenters. The van der Waals surface area contributed by atoms with Gasteiger partial charge in [-0.2, -0.15) is 0 Å². The number of carbonyl (C=O) groups excluding carboxylic acids is 1. The molecule has 0 heterocycles. The Morgan fingerprint density at radius 2 is 2.00 bits per heavy atom. The second kappa shape index (κ2) is 11.8. The third-order valence-electron chi connectivity index (χ3n) is 2.40. The van der Waals surface area contributed by atoms with Gasteiger partial charge < -0.3 is 20.1 Å². The zero-order chi connectivity index (χ0) is 12.9. The van der Waals surface area contributed by atoms with Crippen LogP contribution in [-0.2, 0) is 14.3 Å². The van der Waals surface area contributed by atoms with E-state index in [1.54, 1.807) is 7.11 Å². The number of ether oxygens (including phenoxy) is 2. The zero-order valence-electron chi connectivity index (χ0n) is 11.3. The van der Waals surface area contributed by atoms with Gasteiger partial charge in [0.2, 0.25) is 5.91 Å². The quantitative estimate of drug-likeness (QED) is 0.523. The number of rotatable bonds is 11. The summed E-state index contributed by atoms with van der Waals surface area (Å²) in [4.78, 5) is 11.4. The Hall–Kier alpha value is -0.650. The van der Waals surface area contributed by atoms with E-state index in [-0.39, 0.29) is 11.9 Å². The zero-order valence-corrected chi connectivity index (χ0v) is 11.3. The van der Waals surface area contributed by atoms with Gasteiger partial charge in [-0.05, 0) is 13.3 Å². The molecular formula is C12H26N2O3. The number of amides is 1. The van der Waals surface area contributed by atoms with Crippen LogP contribution in [0.3, 0.4) is 0 Å². The monoisotopic (exact) mass is 246 g/mol. The van der Waals surface area contributed by atoms with Crippen LogP contribution in [0.4, 0.5) is 0 Å². The molecule has 0 saturated heterocycles. The molecule has 0 aromatic heterocycles. The second-order valence-electron chi connectivity index (χ2n) is 3.98. The van der Waals surface area contributed by atoms with Gasteiger partial charge in [0.05, 0.1) is 19.8 Å². The summed E-state index contributed by atoms with van der Waals surface area (Å²) in [5.41, 5.74) is 0. The minimum atomic E-state index is 0.104. The summed E-state index contributed by atoms with van der Waals surface area (Å²) in [6.07, 6.45) is 1.48. The number of carbonyl (C=O) groups is 1. The summed E-state index contributed by atoms with van der Waals surface area (Å²) in [5.74, 6) is 0.104. The van der Waals surface area contributed by atoms with Crippen LogP contribution in [0.2, 0.25) is 0 Å². The lowest BCUT2D eigenvalue weighted by molar-refractivity contribution is -0.121. The second-order valence-corrected chi connectivity index (χ2v) is 3.98. The van der Waals surface area contributed by atoms with Crippen molar-refractivity contribution in [1.29, 1.82) is 0 Å². The SMILES string of the molecule is CCC(C)NC(=O)CCNCCOCCOC. The van der Waals surface area contributed by atoms with Gasteiger partial charge in [0.25, 0.3) is 0 Å². The van der Waals surface area contributed by atoms with Crippen molar-refractivity contribution in [3.05, 3.63) is 0 Å². The van der Waals surface area contributed by atoms with Crippen LogP contribution in [0.15, 0.2) is 0 Å². The molecule has 5 heteroatoms. The van der Waals surface area contributed by atoms with Crippen LogP contribution in [-0.4, -0.2) is 52.0 Å². The minimum absolute atomic E-state index is 0.104. The highest BCUT2D eigenvalue weighted by molar-refractivity contribution is 5.76. The maximum Gasteiger partial charge on any atom is 0.221 e. The van der Waals surface area contributed by atoms with E-state index in [0.29, 0.717) is 32.8 Å². The molecule has 0 aromatic carbocycles. The molecule has 0 bridgehead atoms. The van der Waals surface area contributed by atoms with E-state index in [2.05, 4.69) is 17.6 Å². The Bertz CT molecular complexity index is 189. The lowest BCUT2D eigenvalue weighted by Crippen LogP contribution is -2.34. The van der Waals surface area contributed by atoms with Crippen molar-refractivity contribution < 1.29 is 14.3 Å². The van der Waals surface area contributed by atoms with Crippen LogP contribution in [0, 0.1) is 0 Å². The van der Waals surface area contributed by atoms with Gasteiger partial charge in [-0.1, -0.05) is 6.92 Å². The maximum atomic E-state index is 11.4. The molecule has 0 rings (SSSR count). The molecule has 0 fully saturated rings. The molecule has 0 aliphatic rings. The third kappa shape index (κ3) is 11.6. The van der Waals surface area contributed by atoms with Crippen LogP contribution in [0.5, 0.6) is 0 Å². The fraction of sp³-hybridized carbons (Fsp3) is 0.917. The molecule has 0 aliphatic carbocycles. The minimum Gasteiger partial charge on any atom is -0.382 e. The van der Waals surface area contributed by atoms with Gasteiger partial charge in [-0.3, -0.25) is 4.79 Å². The van der Waals surface area contributed by atoms with E-state index in [9.17, 15) is 4.79 Å². The summed E-state index contributed by atoms with van der Waals surface area (Å²) in [6, 6.07) is 0.264. The van der Waals surface area contributed by atoms with Gasteiger partial charge in [-0.15, -0.1) is 0 Å². The molecule has 0 aromatic rings. The lowest BCUT2D eigenvalue weighted by Gasteiger charge is -2.11. The van der Waals surface area contributed by atoms with E-state index < -0.39 is 0 Å². The van der Waals surface area contributed by atoms with Crippen LogP contribution in [0.25, 0.3) is 0 Å². The molecule has 1 amide bonds. The Morgan fingerprint density at radius 1 is 1.24 bits per heavy atom. The molecule has 0 spiro atoms. The van der Waals surface area contributed by atoms with Crippen molar-refractivity contribution in [2.75, 3.05) is 40.0 Å². The van der Waals surface area contributed by atoms with Crippen molar-refractivity contribution in [2.45, 2.75) is 32.7 Å². The first-order valence-corrected chi connectivity index (χ1v) is 6.27. The van der Waals surface area contributed by atoms with Gasteiger partial charge in [-0.25, -0.2) is 0 Å². The third-order valence-corrected chi connectivity index (χ3v) is 2.40. The summed E-state index contributed by atoms with van der Waals surface area (Å²) in [6.45, 7) is 7.41. The van der Waals surface area contributed by atoms with Crippen molar-refractivity contribution >= 4 is 5.91 Å². The normalized spacial score (nSPS) is 12.4. The Kier molecular flexibility index (Phi) is 11.4. The van der Waals surface area contributed by atoms with E-state index >= 15 is 0 Å². The van der Waals surface area contributed by atoms with Crippen LogP contribution in [0.1, 0.15) is 26.7 Å². The number of hydrogen-bond donors (Lipinski definition) is 2. The Balaban J connectivity index is 3.19. The van der Waals surface area contributed by atoms with Crippen LogP contribution >= 0.6 is 0 Å². The molecule has 2 N–H and O–H groups in total. The van der Waals surface area contributed by atoms with Gasteiger partial charge in [0, 0.05) is 32.7 Å². The fourth-order valence-electron chi connectivity index (χ4n) is 1.16. The van der Waals surface area contributed by atoms with Crippen molar-refractivity contribution in [3.8, 4) is 0 Å². The lowest BCUT2D eigenvalue weighted by atomic mass is 10.2. The van der Waals surface area contributed by atoms with Crippen molar-refractivity contribution in [2.24, 2.45) is 0 Å². The Labute approximate surface area is 104 Å². The first kappa shape index (κ1) is 16.4. The summed E-state index contributed by atoms with van der Waals surface area (Å²) in [7, 11) is 1.65. The van der Waals surface area contributed by atoms with E-state index in [4.69, 9.17) is 9.47 Å². The molecule has 17 heavy (non-hydrogen) atoms. The fourth-order valence-corrected chi connectivity index (χ4v) is 1.16. The average molecular weight is 246 g/mol.